The molecule has 0 bridgehead atoms. The molecule has 0 amide bonds. The standard InChI is InChI=1S/2BO2.Be/c2*2-1-3;/q2*-1;+2. The molecule has 0 unspecified atom stereocenters. The molecular formula is B2BeO4. The summed E-state index contributed by atoms with van der Waals surface area (Å²) in [5.41, 5.74) is 0. The summed E-state index contributed by atoms with van der Waals surface area (Å²) in [6.45, 7) is 0. The van der Waals surface area contributed by atoms with Crippen LogP contribution in [-0.2, 0) is 9.41 Å². The van der Waals surface area contributed by atoms with Crippen LogP contribution < -0.4 is 10.0 Å². The van der Waals surface area contributed by atoms with Crippen molar-refractivity contribution >= 4 is 24.8 Å². The fraction of sp³-hybridized carbons (Fsp3) is 0. The topological polar surface area (TPSA) is 80.3 Å². The van der Waals surface area contributed by atoms with Crippen molar-refractivity contribution in [1.29, 1.82) is 0 Å². The van der Waals surface area contributed by atoms with Crippen LogP contribution in [0.5, 0.6) is 0 Å². The maximum absolute atomic E-state index is 8.25. The van der Waals surface area contributed by atoms with Crippen molar-refractivity contribution in [2.24, 2.45) is 0 Å². The maximum Gasteiger partial charge on any atom is 2.00 e. The summed E-state index contributed by atoms with van der Waals surface area (Å²) in [4.78, 5) is 0. The molecule has 7 heavy (non-hydrogen) atoms. The first-order valence-electron chi connectivity index (χ1n) is 0.943. The second-order valence-corrected chi connectivity index (χ2v) is 0.192. The summed E-state index contributed by atoms with van der Waals surface area (Å²) in [5.74, 6) is 0. The Balaban J connectivity index is -0.0000000400. The largest absolute Gasteiger partial charge is 2.00 e. The first kappa shape index (κ1) is 16.1. The fourth-order valence-electron chi connectivity index (χ4n) is 0. The molecule has 0 atom stereocenters. The van der Waals surface area contributed by atoms with Crippen LogP contribution in [0, 0.1) is 0 Å². The van der Waals surface area contributed by atoms with Crippen molar-refractivity contribution in [2.75, 3.05) is 0 Å². The number of hydrogen-bond acceptors (Lipinski definition) is 4. The Labute approximate surface area is 45.3 Å². The summed E-state index contributed by atoms with van der Waals surface area (Å²) in [5, 5.41) is 16.5. The molecule has 0 saturated carbocycles. The van der Waals surface area contributed by atoms with Gasteiger partial charge in [-0.2, -0.15) is 0 Å². The van der Waals surface area contributed by atoms with Crippen molar-refractivity contribution in [2.45, 2.75) is 0 Å². The molecule has 0 aliphatic rings. The average molecular weight is 94.6 g/mol. The van der Waals surface area contributed by atoms with Gasteiger partial charge in [-0.25, -0.2) is 0 Å². The van der Waals surface area contributed by atoms with E-state index >= 15 is 0 Å². The zero-order chi connectivity index (χ0) is 5.41. The van der Waals surface area contributed by atoms with Gasteiger partial charge < -0.3 is 0 Å². The van der Waals surface area contributed by atoms with Gasteiger partial charge in [0.1, 0.15) is 0 Å². The Morgan fingerprint density at radius 1 is 1.00 bits per heavy atom. The molecule has 0 spiro atoms. The summed E-state index contributed by atoms with van der Waals surface area (Å²) in [6, 6.07) is 0. The van der Waals surface area contributed by atoms with Crippen molar-refractivity contribution in [3.63, 3.8) is 0 Å². The predicted octanol–water partition coefficient (Wildman–Crippen LogP) is -3.76. The van der Waals surface area contributed by atoms with Gasteiger partial charge in [-0.3, -0.25) is 0 Å². The van der Waals surface area contributed by atoms with E-state index in [4.69, 9.17) is 19.5 Å². The molecule has 7 heteroatoms. The van der Waals surface area contributed by atoms with Crippen LogP contribution in [0.15, 0.2) is 0 Å². The molecule has 0 N–H and O–H groups in total. The third-order valence-corrected chi connectivity index (χ3v) is 0. The molecule has 0 aliphatic carbocycles. The van der Waals surface area contributed by atoms with Gasteiger partial charge in [0.15, 0.2) is 0 Å². The van der Waals surface area contributed by atoms with E-state index in [9.17, 15) is 0 Å². The molecular weight excluding hydrogens is 94.6 g/mol. The molecule has 0 aromatic heterocycles. The Bertz CT molecular complexity index is 30.7. The van der Waals surface area contributed by atoms with E-state index in [1.54, 1.807) is 0 Å². The third-order valence-electron chi connectivity index (χ3n) is 0. The quantitative estimate of drug-likeness (QED) is 0.289. The van der Waals surface area contributed by atoms with Crippen LogP contribution in [-0.4, -0.2) is 24.8 Å². The van der Waals surface area contributed by atoms with E-state index in [2.05, 4.69) is 0 Å². The van der Waals surface area contributed by atoms with E-state index in [0.29, 0.717) is 0 Å². The average Bonchev–Trinajstić information content (AvgIpc) is 1.39. The van der Waals surface area contributed by atoms with Crippen LogP contribution in [0.25, 0.3) is 0 Å². The van der Waals surface area contributed by atoms with Crippen LogP contribution >= 0.6 is 0 Å². The van der Waals surface area contributed by atoms with Crippen LogP contribution in [0.2, 0.25) is 0 Å². The Morgan fingerprint density at radius 2 is 1.00 bits per heavy atom. The van der Waals surface area contributed by atoms with Gasteiger partial charge in [-0.1, -0.05) is 0 Å². The van der Waals surface area contributed by atoms with Gasteiger partial charge >= 0.3 is 44.3 Å². The maximum atomic E-state index is 8.25. The van der Waals surface area contributed by atoms with Crippen molar-refractivity contribution < 1.29 is 19.5 Å². The Morgan fingerprint density at radius 3 is 1.00 bits per heavy atom. The third kappa shape index (κ3) is 268. The molecule has 0 saturated heterocycles. The molecule has 0 aromatic rings. The van der Waals surface area contributed by atoms with Crippen LogP contribution in [0.4, 0.5) is 0 Å². The first-order valence-corrected chi connectivity index (χ1v) is 0.943. The number of hydrogen-bond donors (Lipinski definition) is 0. The summed E-state index contributed by atoms with van der Waals surface area (Å²) < 4.78 is 16.5. The van der Waals surface area contributed by atoms with Gasteiger partial charge in [-0.05, 0) is 0 Å². The van der Waals surface area contributed by atoms with Gasteiger partial charge in [0.2, 0.25) is 0 Å². The fourth-order valence-corrected chi connectivity index (χ4v) is 0. The normalized spacial score (nSPS) is 2.29. The van der Waals surface area contributed by atoms with Gasteiger partial charge in [0.25, 0.3) is 0 Å². The van der Waals surface area contributed by atoms with E-state index in [1.165, 1.54) is 0 Å². The van der Waals surface area contributed by atoms with Crippen molar-refractivity contribution in [1.82, 2.24) is 0 Å². The zero-order valence-electron chi connectivity index (χ0n) is 3.49. The molecule has 0 fully saturated rings. The van der Waals surface area contributed by atoms with Crippen molar-refractivity contribution in [3.05, 3.63) is 0 Å². The van der Waals surface area contributed by atoms with Gasteiger partial charge in [-0.15, -0.1) is 0 Å². The smallest absolute Gasteiger partial charge is 2.00 e. The van der Waals surface area contributed by atoms with E-state index in [0.717, 1.165) is 0 Å². The molecule has 0 radical (unpaired) electrons. The summed E-state index contributed by atoms with van der Waals surface area (Å²) in [6.07, 6.45) is 0. The van der Waals surface area contributed by atoms with Crippen LogP contribution in [0.1, 0.15) is 0 Å². The second-order valence-electron chi connectivity index (χ2n) is 0.192. The number of rotatable bonds is 0. The SMILES string of the molecule is O=B[O-].O=B[O-].[Be+2]. The molecule has 32 valence electrons. The van der Waals surface area contributed by atoms with Gasteiger partial charge in [0, 0.05) is 0 Å². The first-order chi connectivity index (χ1) is 2.83. The minimum atomic E-state index is -0.500. The Hall–Kier alpha value is -0.501. The Kier molecular flexibility index (Phi) is 114. The monoisotopic (exact) mass is 95.0 g/mol. The molecule has 4 nitrogen and oxygen atoms in total. The van der Waals surface area contributed by atoms with Gasteiger partial charge in [0.05, 0.1) is 0 Å². The van der Waals surface area contributed by atoms with Crippen LogP contribution in [0.3, 0.4) is 0 Å². The molecule has 0 rings (SSSR count). The summed E-state index contributed by atoms with van der Waals surface area (Å²) in [7, 11) is -1.00. The minimum Gasteiger partial charge on any atom is 2.00 e. The molecule has 0 heterocycles. The van der Waals surface area contributed by atoms with E-state index in [-0.39, 0.29) is 10.1 Å². The summed E-state index contributed by atoms with van der Waals surface area (Å²) >= 11 is 0. The van der Waals surface area contributed by atoms with E-state index < -0.39 is 14.7 Å². The van der Waals surface area contributed by atoms with E-state index in [1.807, 2.05) is 0 Å². The van der Waals surface area contributed by atoms with Crippen molar-refractivity contribution in [3.8, 4) is 0 Å². The molecule has 0 aliphatic heterocycles. The minimum absolute atomic E-state index is 0. The molecule has 0 aromatic carbocycles. The zero-order valence-corrected chi connectivity index (χ0v) is 3.49. The predicted molar refractivity (Wildman–Crippen MR) is 18.6 cm³/mol. The second kappa shape index (κ2) is 49.5.